The Bertz CT molecular complexity index is 555. The van der Waals surface area contributed by atoms with Crippen LogP contribution in [-0.4, -0.2) is 13.7 Å². The zero-order valence-electron chi connectivity index (χ0n) is 11.1. The molecule has 4 nitrogen and oxygen atoms in total. The maximum Gasteiger partial charge on any atom is 0.154 e. The number of benzene rings is 2. The molecule has 0 radical (unpaired) electrons. The molecule has 0 spiro atoms. The monoisotopic (exact) mass is 259 g/mol. The van der Waals surface area contributed by atoms with Crippen molar-refractivity contribution in [1.82, 2.24) is 0 Å². The van der Waals surface area contributed by atoms with Gasteiger partial charge in [-0.05, 0) is 31.2 Å². The SMILES string of the molecule is CCOc1cccc(Oc2cccc(OC)c2N)c1. The number of para-hydroxylation sites is 1. The van der Waals surface area contributed by atoms with Crippen LogP contribution in [0.15, 0.2) is 42.5 Å². The Kier molecular flexibility index (Phi) is 4.13. The van der Waals surface area contributed by atoms with Crippen LogP contribution in [0.5, 0.6) is 23.0 Å². The van der Waals surface area contributed by atoms with Gasteiger partial charge in [-0.3, -0.25) is 0 Å². The number of anilines is 1. The van der Waals surface area contributed by atoms with Crippen molar-refractivity contribution in [3.05, 3.63) is 42.5 Å². The number of hydrogen-bond donors (Lipinski definition) is 1. The lowest BCUT2D eigenvalue weighted by Crippen LogP contribution is -1.96. The van der Waals surface area contributed by atoms with Crippen molar-refractivity contribution in [2.45, 2.75) is 6.92 Å². The molecule has 2 aromatic rings. The van der Waals surface area contributed by atoms with Gasteiger partial charge in [0.2, 0.25) is 0 Å². The van der Waals surface area contributed by atoms with Gasteiger partial charge in [-0.1, -0.05) is 12.1 Å². The molecule has 4 heteroatoms. The van der Waals surface area contributed by atoms with Gasteiger partial charge in [-0.15, -0.1) is 0 Å². The van der Waals surface area contributed by atoms with Crippen LogP contribution in [0.3, 0.4) is 0 Å². The van der Waals surface area contributed by atoms with E-state index in [9.17, 15) is 0 Å². The average Bonchev–Trinajstić information content (AvgIpc) is 2.42. The summed E-state index contributed by atoms with van der Waals surface area (Å²) in [5, 5.41) is 0. The Morgan fingerprint density at radius 3 is 2.42 bits per heavy atom. The molecule has 0 aliphatic heterocycles. The highest BCUT2D eigenvalue weighted by atomic mass is 16.5. The van der Waals surface area contributed by atoms with Gasteiger partial charge in [0.05, 0.1) is 13.7 Å². The first kappa shape index (κ1) is 13.1. The minimum Gasteiger partial charge on any atom is -0.494 e. The highest BCUT2D eigenvalue weighted by Crippen LogP contribution is 2.35. The lowest BCUT2D eigenvalue weighted by Gasteiger charge is -2.12. The number of nitrogens with two attached hydrogens (primary N) is 1. The zero-order valence-corrected chi connectivity index (χ0v) is 11.1. The first-order chi connectivity index (χ1) is 9.24. The van der Waals surface area contributed by atoms with Crippen LogP contribution < -0.4 is 19.9 Å². The van der Waals surface area contributed by atoms with Crippen molar-refractivity contribution in [2.75, 3.05) is 19.5 Å². The summed E-state index contributed by atoms with van der Waals surface area (Å²) in [6, 6.07) is 12.8. The molecule has 0 unspecified atom stereocenters. The number of rotatable bonds is 5. The molecule has 0 fully saturated rings. The number of methoxy groups -OCH3 is 1. The first-order valence-electron chi connectivity index (χ1n) is 6.07. The standard InChI is InChI=1S/C15H17NO3/c1-3-18-11-6-4-7-12(10-11)19-14-9-5-8-13(17-2)15(14)16/h4-10H,3,16H2,1-2H3. The summed E-state index contributed by atoms with van der Waals surface area (Å²) >= 11 is 0. The molecule has 0 aliphatic rings. The Morgan fingerprint density at radius 1 is 1.00 bits per heavy atom. The molecule has 0 saturated carbocycles. The van der Waals surface area contributed by atoms with E-state index in [0.717, 1.165) is 5.75 Å². The van der Waals surface area contributed by atoms with E-state index in [1.165, 1.54) is 0 Å². The Morgan fingerprint density at radius 2 is 1.68 bits per heavy atom. The van der Waals surface area contributed by atoms with E-state index in [0.29, 0.717) is 29.5 Å². The number of nitrogen functional groups attached to an aromatic ring is 1. The van der Waals surface area contributed by atoms with Crippen LogP contribution in [0.1, 0.15) is 6.92 Å². The molecule has 0 atom stereocenters. The molecule has 0 bridgehead atoms. The molecule has 0 saturated heterocycles. The van der Waals surface area contributed by atoms with Crippen molar-refractivity contribution in [3.8, 4) is 23.0 Å². The zero-order chi connectivity index (χ0) is 13.7. The average molecular weight is 259 g/mol. The molecule has 2 aromatic carbocycles. The first-order valence-corrected chi connectivity index (χ1v) is 6.07. The van der Waals surface area contributed by atoms with Gasteiger partial charge in [0.1, 0.15) is 22.9 Å². The van der Waals surface area contributed by atoms with Crippen LogP contribution in [0, 0.1) is 0 Å². The van der Waals surface area contributed by atoms with E-state index >= 15 is 0 Å². The molecular formula is C15H17NO3. The van der Waals surface area contributed by atoms with Crippen molar-refractivity contribution in [2.24, 2.45) is 0 Å². The largest absolute Gasteiger partial charge is 0.494 e. The predicted octanol–water partition coefficient (Wildman–Crippen LogP) is 3.47. The molecule has 2 N–H and O–H groups in total. The predicted molar refractivity (Wildman–Crippen MR) is 75.1 cm³/mol. The second-order valence-electron chi connectivity index (χ2n) is 3.88. The van der Waals surface area contributed by atoms with Gasteiger partial charge in [0, 0.05) is 6.07 Å². The van der Waals surface area contributed by atoms with Crippen molar-refractivity contribution < 1.29 is 14.2 Å². The van der Waals surface area contributed by atoms with Gasteiger partial charge in [-0.25, -0.2) is 0 Å². The lowest BCUT2D eigenvalue weighted by atomic mass is 10.2. The minimum absolute atomic E-state index is 0.479. The van der Waals surface area contributed by atoms with Gasteiger partial charge in [-0.2, -0.15) is 0 Å². The number of hydrogen-bond acceptors (Lipinski definition) is 4. The fraction of sp³-hybridized carbons (Fsp3) is 0.200. The highest BCUT2D eigenvalue weighted by Gasteiger charge is 2.07. The summed E-state index contributed by atoms with van der Waals surface area (Å²) in [6.45, 7) is 2.55. The topological polar surface area (TPSA) is 53.7 Å². The summed E-state index contributed by atoms with van der Waals surface area (Å²) in [6.07, 6.45) is 0. The summed E-state index contributed by atoms with van der Waals surface area (Å²) in [5.41, 5.74) is 6.44. The molecule has 0 heterocycles. The fourth-order valence-electron chi connectivity index (χ4n) is 1.71. The van der Waals surface area contributed by atoms with E-state index < -0.39 is 0 Å². The molecule has 19 heavy (non-hydrogen) atoms. The van der Waals surface area contributed by atoms with Crippen LogP contribution in [0.4, 0.5) is 5.69 Å². The van der Waals surface area contributed by atoms with Crippen molar-refractivity contribution in [3.63, 3.8) is 0 Å². The van der Waals surface area contributed by atoms with Gasteiger partial charge in [0.15, 0.2) is 5.75 Å². The normalized spacial score (nSPS) is 10.0. The quantitative estimate of drug-likeness (QED) is 0.835. The Hall–Kier alpha value is -2.36. The third-order valence-electron chi connectivity index (χ3n) is 2.59. The van der Waals surface area contributed by atoms with E-state index in [1.807, 2.05) is 37.3 Å². The van der Waals surface area contributed by atoms with Gasteiger partial charge in [0.25, 0.3) is 0 Å². The van der Waals surface area contributed by atoms with E-state index in [1.54, 1.807) is 19.2 Å². The van der Waals surface area contributed by atoms with E-state index in [2.05, 4.69) is 0 Å². The fourth-order valence-corrected chi connectivity index (χ4v) is 1.71. The third-order valence-corrected chi connectivity index (χ3v) is 2.59. The second kappa shape index (κ2) is 6.00. The molecule has 0 amide bonds. The molecule has 0 aromatic heterocycles. The van der Waals surface area contributed by atoms with Gasteiger partial charge < -0.3 is 19.9 Å². The molecule has 0 aliphatic carbocycles. The summed E-state index contributed by atoms with van der Waals surface area (Å²) in [5.74, 6) is 2.60. The molecule has 2 rings (SSSR count). The molecule has 100 valence electrons. The van der Waals surface area contributed by atoms with Gasteiger partial charge >= 0.3 is 0 Å². The summed E-state index contributed by atoms with van der Waals surface area (Å²) < 4.78 is 16.3. The molecular weight excluding hydrogens is 242 g/mol. The van der Waals surface area contributed by atoms with Crippen LogP contribution in [0.25, 0.3) is 0 Å². The van der Waals surface area contributed by atoms with Crippen molar-refractivity contribution >= 4 is 5.69 Å². The smallest absolute Gasteiger partial charge is 0.154 e. The summed E-state index contributed by atoms with van der Waals surface area (Å²) in [7, 11) is 1.57. The van der Waals surface area contributed by atoms with Crippen LogP contribution in [0.2, 0.25) is 0 Å². The minimum atomic E-state index is 0.479. The van der Waals surface area contributed by atoms with Crippen LogP contribution >= 0.6 is 0 Å². The number of ether oxygens (including phenoxy) is 3. The second-order valence-corrected chi connectivity index (χ2v) is 3.88. The highest BCUT2D eigenvalue weighted by molar-refractivity contribution is 5.63. The van der Waals surface area contributed by atoms with E-state index in [-0.39, 0.29) is 0 Å². The summed E-state index contributed by atoms with van der Waals surface area (Å²) in [4.78, 5) is 0. The third kappa shape index (κ3) is 3.10. The van der Waals surface area contributed by atoms with Crippen molar-refractivity contribution in [1.29, 1.82) is 0 Å². The maximum absolute atomic E-state index is 5.96. The van der Waals surface area contributed by atoms with Crippen LogP contribution in [-0.2, 0) is 0 Å². The maximum atomic E-state index is 5.96. The Balaban J connectivity index is 2.23. The Labute approximate surface area is 112 Å². The van der Waals surface area contributed by atoms with E-state index in [4.69, 9.17) is 19.9 Å². The lowest BCUT2D eigenvalue weighted by molar-refractivity contribution is 0.338.